The molecule has 23 heavy (non-hydrogen) atoms. The number of pyridine rings is 1. The molecule has 1 aromatic carbocycles. The van der Waals surface area contributed by atoms with Crippen LogP contribution in [0, 0.1) is 5.82 Å². The van der Waals surface area contributed by atoms with Gasteiger partial charge in [-0.05, 0) is 35.9 Å². The van der Waals surface area contributed by atoms with Crippen LogP contribution in [-0.2, 0) is 6.54 Å². The van der Waals surface area contributed by atoms with Crippen molar-refractivity contribution < 1.29 is 13.9 Å². The van der Waals surface area contributed by atoms with Crippen LogP contribution < -0.4 is 10.1 Å². The molecule has 1 aromatic heterocycles. The maximum atomic E-state index is 12.9. The number of nitrogens with one attached hydrogen (secondary N) is 1. The quantitative estimate of drug-likeness (QED) is 0.914. The van der Waals surface area contributed by atoms with E-state index in [9.17, 15) is 9.18 Å². The number of amides is 1. The summed E-state index contributed by atoms with van der Waals surface area (Å²) in [4.78, 5) is 16.4. The van der Waals surface area contributed by atoms with Crippen LogP contribution in [-0.4, -0.2) is 28.5 Å². The molecule has 3 rings (SSSR count). The fourth-order valence-electron chi connectivity index (χ4n) is 2.28. The summed E-state index contributed by atoms with van der Waals surface area (Å²) in [5, 5.41) is 2.81. The molecule has 1 saturated heterocycles. The molecule has 1 N–H and O–H groups in total. The van der Waals surface area contributed by atoms with Gasteiger partial charge in [0.1, 0.15) is 11.9 Å². The second-order valence-electron chi connectivity index (χ2n) is 5.30. The van der Waals surface area contributed by atoms with E-state index < -0.39 is 0 Å². The highest BCUT2D eigenvalue weighted by atomic mass is 32.2. The van der Waals surface area contributed by atoms with Gasteiger partial charge in [-0.2, -0.15) is 11.8 Å². The Labute approximate surface area is 138 Å². The van der Waals surface area contributed by atoms with Crippen LogP contribution in [0.3, 0.4) is 0 Å². The van der Waals surface area contributed by atoms with E-state index in [4.69, 9.17) is 4.74 Å². The van der Waals surface area contributed by atoms with Gasteiger partial charge in [-0.15, -0.1) is 0 Å². The summed E-state index contributed by atoms with van der Waals surface area (Å²) in [6.45, 7) is 0.344. The minimum Gasteiger partial charge on any atom is -0.473 e. The highest BCUT2D eigenvalue weighted by Gasteiger charge is 2.18. The van der Waals surface area contributed by atoms with Crippen LogP contribution >= 0.6 is 11.8 Å². The molecule has 2 aromatic rings. The number of aromatic nitrogens is 1. The number of ether oxygens (including phenoxy) is 1. The number of halogens is 1. The molecule has 120 valence electrons. The number of hydrogen-bond donors (Lipinski definition) is 1. The number of rotatable bonds is 5. The zero-order valence-electron chi connectivity index (χ0n) is 12.5. The first-order valence-electron chi connectivity index (χ1n) is 7.44. The van der Waals surface area contributed by atoms with Gasteiger partial charge in [0.25, 0.3) is 5.91 Å². The van der Waals surface area contributed by atoms with Crippen molar-refractivity contribution in [3.8, 4) is 5.88 Å². The Hall–Kier alpha value is -2.08. The van der Waals surface area contributed by atoms with E-state index in [0.29, 0.717) is 18.0 Å². The van der Waals surface area contributed by atoms with Crippen LogP contribution in [0.25, 0.3) is 0 Å². The molecule has 2 heterocycles. The van der Waals surface area contributed by atoms with E-state index in [-0.39, 0.29) is 17.8 Å². The number of nitrogens with zero attached hydrogens (tertiary/aromatic N) is 1. The van der Waals surface area contributed by atoms with Crippen molar-refractivity contribution in [1.82, 2.24) is 10.3 Å². The van der Waals surface area contributed by atoms with Gasteiger partial charge < -0.3 is 10.1 Å². The molecule has 1 fully saturated rings. The fraction of sp³-hybridized carbons (Fsp3) is 0.294. The maximum Gasteiger partial charge on any atom is 0.251 e. The molecule has 6 heteroatoms. The minimum absolute atomic E-state index is 0.171. The van der Waals surface area contributed by atoms with Gasteiger partial charge in [0.05, 0.1) is 0 Å². The van der Waals surface area contributed by atoms with E-state index in [1.807, 2.05) is 11.8 Å². The summed E-state index contributed by atoms with van der Waals surface area (Å²) < 4.78 is 18.6. The van der Waals surface area contributed by atoms with Crippen molar-refractivity contribution >= 4 is 17.7 Å². The first kappa shape index (κ1) is 15.8. The third kappa shape index (κ3) is 4.45. The zero-order valence-corrected chi connectivity index (χ0v) is 13.3. The van der Waals surface area contributed by atoms with Crippen molar-refractivity contribution in [3.63, 3.8) is 0 Å². The summed E-state index contributed by atoms with van der Waals surface area (Å²) in [5.74, 6) is 2.04. The number of benzene rings is 1. The van der Waals surface area contributed by atoms with Crippen molar-refractivity contribution in [2.45, 2.75) is 19.1 Å². The van der Waals surface area contributed by atoms with Gasteiger partial charge in [0.2, 0.25) is 5.88 Å². The van der Waals surface area contributed by atoms with Crippen molar-refractivity contribution in [2.24, 2.45) is 0 Å². The summed E-state index contributed by atoms with van der Waals surface area (Å²) >= 11 is 1.86. The molecule has 0 bridgehead atoms. The second-order valence-corrected chi connectivity index (χ2v) is 6.45. The van der Waals surface area contributed by atoms with E-state index >= 15 is 0 Å². The molecule has 0 aliphatic carbocycles. The Morgan fingerprint density at radius 2 is 2.17 bits per heavy atom. The van der Waals surface area contributed by atoms with Crippen LogP contribution in [0.2, 0.25) is 0 Å². The highest BCUT2D eigenvalue weighted by molar-refractivity contribution is 7.99. The van der Waals surface area contributed by atoms with E-state index in [1.165, 1.54) is 12.1 Å². The molecule has 1 aliphatic heterocycles. The number of hydrogen-bond acceptors (Lipinski definition) is 4. The number of carbonyl (C=O) groups excluding carboxylic acids is 1. The highest BCUT2D eigenvalue weighted by Crippen LogP contribution is 2.22. The monoisotopic (exact) mass is 332 g/mol. The lowest BCUT2D eigenvalue weighted by molar-refractivity contribution is 0.0950. The summed E-state index contributed by atoms with van der Waals surface area (Å²) in [6.07, 6.45) is 2.75. The topological polar surface area (TPSA) is 51.2 Å². The molecule has 1 atom stereocenters. The predicted molar refractivity (Wildman–Crippen MR) is 88.2 cm³/mol. The average molecular weight is 332 g/mol. The molecule has 4 nitrogen and oxygen atoms in total. The molecule has 0 radical (unpaired) electrons. The Bertz CT molecular complexity index is 673. The normalized spacial score (nSPS) is 17.0. The Morgan fingerprint density at radius 1 is 1.35 bits per heavy atom. The van der Waals surface area contributed by atoms with E-state index in [0.717, 1.165) is 23.5 Å². The second kappa shape index (κ2) is 7.46. The largest absolute Gasteiger partial charge is 0.473 e. The van der Waals surface area contributed by atoms with Crippen molar-refractivity contribution in [2.75, 3.05) is 11.5 Å². The Kier molecular flexibility index (Phi) is 5.12. The molecule has 1 aliphatic rings. The fourth-order valence-corrected chi connectivity index (χ4v) is 3.37. The average Bonchev–Trinajstić information content (AvgIpc) is 3.07. The van der Waals surface area contributed by atoms with E-state index in [2.05, 4.69) is 10.3 Å². The molecule has 1 amide bonds. The van der Waals surface area contributed by atoms with Gasteiger partial charge in [0, 0.05) is 30.1 Å². The standard InChI is InChI=1S/C17H17FN2O2S/c18-14-3-1-12(2-4-14)10-20-17(21)13-5-7-19-16(9-13)22-15-6-8-23-11-15/h1-5,7,9,15H,6,8,10-11H2,(H,20,21). The van der Waals surface area contributed by atoms with Crippen LogP contribution in [0.1, 0.15) is 22.3 Å². The summed E-state index contributed by atoms with van der Waals surface area (Å²) in [7, 11) is 0. The van der Waals surface area contributed by atoms with Crippen LogP contribution in [0.4, 0.5) is 4.39 Å². The lowest BCUT2D eigenvalue weighted by Gasteiger charge is -2.12. The van der Waals surface area contributed by atoms with Gasteiger partial charge in [-0.1, -0.05) is 12.1 Å². The molecular weight excluding hydrogens is 315 g/mol. The number of carbonyl (C=O) groups is 1. The van der Waals surface area contributed by atoms with Gasteiger partial charge in [0.15, 0.2) is 0 Å². The van der Waals surface area contributed by atoms with Crippen LogP contribution in [0.5, 0.6) is 5.88 Å². The minimum atomic E-state index is -0.291. The first-order chi connectivity index (χ1) is 11.2. The lowest BCUT2D eigenvalue weighted by Crippen LogP contribution is -2.23. The predicted octanol–water partition coefficient (Wildman–Crippen LogP) is 3.04. The molecule has 1 unspecified atom stereocenters. The maximum absolute atomic E-state index is 12.9. The first-order valence-corrected chi connectivity index (χ1v) is 8.59. The van der Waals surface area contributed by atoms with E-state index in [1.54, 1.807) is 30.5 Å². The summed E-state index contributed by atoms with van der Waals surface area (Å²) in [6, 6.07) is 9.35. The molecule has 0 spiro atoms. The Morgan fingerprint density at radius 3 is 2.91 bits per heavy atom. The third-order valence-electron chi connectivity index (χ3n) is 3.54. The van der Waals surface area contributed by atoms with Crippen molar-refractivity contribution in [1.29, 1.82) is 0 Å². The van der Waals surface area contributed by atoms with Gasteiger partial charge in [-0.25, -0.2) is 9.37 Å². The van der Waals surface area contributed by atoms with Crippen molar-refractivity contribution in [3.05, 3.63) is 59.5 Å². The Balaban J connectivity index is 1.59. The third-order valence-corrected chi connectivity index (χ3v) is 4.67. The molecule has 0 saturated carbocycles. The van der Waals surface area contributed by atoms with Gasteiger partial charge >= 0.3 is 0 Å². The number of thioether (sulfide) groups is 1. The van der Waals surface area contributed by atoms with Crippen LogP contribution in [0.15, 0.2) is 42.6 Å². The lowest BCUT2D eigenvalue weighted by atomic mass is 10.2. The zero-order chi connectivity index (χ0) is 16.1. The van der Waals surface area contributed by atoms with Gasteiger partial charge in [-0.3, -0.25) is 4.79 Å². The summed E-state index contributed by atoms with van der Waals surface area (Å²) in [5.41, 5.74) is 1.34. The SMILES string of the molecule is O=C(NCc1ccc(F)cc1)c1ccnc(OC2CCSC2)c1. The molecular formula is C17H17FN2O2S. The smallest absolute Gasteiger partial charge is 0.251 e.